The third-order valence-electron chi connectivity index (χ3n) is 4.52. The van der Waals surface area contributed by atoms with E-state index in [1.807, 2.05) is 30.3 Å². The largest absolute Gasteiger partial charge is 0.448 e. The van der Waals surface area contributed by atoms with E-state index < -0.39 is 15.9 Å². The van der Waals surface area contributed by atoms with Gasteiger partial charge in [-0.3, -0.25) is 4.79 Å². The standard InChI is InChI=1S/C21H16N4O4S/c1-2-14-8-9-17-18(12-14)30(27,28)25-19(24-17)20(26)23-13-16(21-22-10-11-29-21)15-6-4-3-5-7-15/h1,3-12,16H,13H2,(H,23,26)(H,24,25). The normalized spacial score (nSPS) is 15.1. The van der Waals surface area contributed by atoms with Gasteiger partial charge in [-0.05, 0) is 23.8 Å². The van der Waals surface area contributed by atoms with Gasteiger partial charge < -0.3 is 15.1 Å². The summed E-state index contributed by atoms with van der Waals surface area (Å²) in [5.41, 5.74) is 1.53. The van der Waals surface area contributed by atoms with Gasteiger partial charge >= 0.3 is 0 Å². The Morgan fingerprint density at radius 1 is 1.23 bits per heavy atom. The molecule has 1 unspecified atom stereocenters. The first kappa shape index (κ1) is 19.4. The van der Waals surface area contributed by atoms with E-state index in [0.29, 0.717) is 11.5 Å². The predicted octanol–water partition coefficient (Wildman–Crippen LogP) is 2.12. The molecule has 1 atom stereocenters. The molecule has 2 N–H and O–H groups in total. The summed E-state index contributed by atoms with van der Waals surface area (Å²) in [6.45, 7) is 0.132. The van der Waals surface area contributed by atoms with E-state index in [1.54, 1.807) is 6.07 Å². The number of aromatic nitrogens is 1. The van der Waals surface area contributed by atoms with Crippen LogP contribution in [0, 0.1) is 12.3 Å². The van der Waals surface area contributed by atoms with E-state index in [1.165, 1.54) is 24.6 Å². The first-order valence-electron chi connectivity index (χ1n) is 8.93. The molecule has 0 saturated carbocycles. The quantitative estimate of drug-likeness (QED) is 0.611. The van der Waals surface area contributed by atoms with Gasteiger partial charge in [-0.2, -0.15) is 8.42 Å². The summed E-state index contributed by atoms with van der Waals surface area (Å²) in [5, 5.41) is 5.45. The number of fused-ring (bicyclic) bond motifs is 1. The Bertz CT molecular complexity index is 1260. The van der Waals surface area contributed by atoms with E-state index in [9.17, 15) is 13.2 Å². The van der Waals surface area contributed by atoms with Crippen molar-refractivity contribution < 1.29 is 17.6 Å². The molecule has 1 amide bonds. The number of amidine groups is 1. The zero-order valence-corrected chi connectivity index (χ0v) is 16.4. The van der Waals surface area contributed by atoms with Crippen molar-refractivity contribution in [3.63, 3.8) is 0 Å². The number of amides is 1. The van der Waals surface area contributed by atoms with Gasteiger partial charge in [0.1, 0.15) is 11.2 Å². The molecule has 0 bridgehead atoms. The molecule has 0 fully saturated rings. The zero-order chi connectivity index (χ0) is 21.1. The molecule has 2 aromatic carbocycles. The minimum Gasteiger partial charge on any atom is -0.448 e. The van der Waals surface area contributed by atoms with Crippen LogP contribution in [0.4, 0.5) is 5.69 Å². The van der Waals surface area contributed by atoms with Crippen molar-refractivity contribution in [2.45, 2.75) is 10.8 Å². The fraction of sp³-hybridized carbons (Fsp3) is 0.0952. The molecule has 8 nitrogen and oxygen atoms in total. The molecule has 0 saturated heterocycles. The summed E-state index contributed by atoms with van der Waals surface area (Å²) in [4.78, 5) is 16.8. The Morgan fingerprint density at radius 3 is 2.73 bits per heavy atom. The number of hydrogen-bond donors (Lipinski definition) is 2. The lowest BCUT2D eigenvalue weighted by atomic mass is 9.99. The average molecular weight is 420 g/mol. The number of benzene rings is 2. The smallest absolute Gasteiger partial charge is 0.287 e. The third-order valence-corrected chi connectivity index (χ3v) is 5.84. The van der Waals surface area contributed by atoms with Gasteiger partial charge in [-0.25, -0.2) is 4.98 Å². The summed E-state index contributed by atoms with van der Waals surface area (Å²) >= 11 is 0. The number of nitrogens with zero attached hydrogens (tertiary/aromatic N) is 2. The van der Waals surface area contributed by atoms with Crippen LogP contribution in [0.5, 0.6) is 0 Å². The van der Waals surface area contributed by atoms with E-state index in [0.717, 1.165) is 5.56 Å². The minimum atomic E-state index is -4.06. The Morgan fingerprint density at radius 2 is 2.03 bits per heavy atom. The van der Waals surface area contributed by atoms with Crippen molar-refractivity contribution in [1.29, 1.82) is 0 Å². The van der Waals surface area contributed by atoms with Crippen LogP contribution < -0.4 is 10.6 Å². The van der Waals surface area contributed by atoms with Crippen LogP contribution in [-0.4, -0.2) is 31.7 Å². The first-order valence-corrected chi connectivity index (χ1v) is 10.4. The maximum Gasteiger partial charge on any atom is 0.287 e. The minimum absolute atomic E-state index is 0.0727. The van der Waals surface area contributed by atoms with E-state index in [-0.39, 0.29) is 28.9 Å². The SMILES string of the molecule is C#Cc1ccc2c(c1)S(=O)(=O)N=C(C(=O)NCC(c1ccccc1)c1ncco1)N2. The lowest BCUT2D eigenvalue weighted by molar-refractivity contribution is -0.114. The highest BCUT2D eigenvalue weighted by molar-refractivity contribution is 7.90. The average Bonchev–Trinajstić information content (AvgIpc) is 3.28. The van der Waals surface area contributed by atoms with Crippen LogP contribution in [0.2, 0.25) is 0 Å². The van der Waals surface area contributed by atoms with E-state index >= 15 is 0 Å². The van der Waals surface area contributed by atoms with Gasteiger partial charge in [0.05, 0.1) is 17.8 Å². The topological polar surface area (TPSA) is 114 Å². The lowest BCUT2D eigenvalue weighted by Gasteiger charge is -2.19. The number of anilines is 1. The van der Waals surface area contributed by atoms with Crippen molar-refractivity contribution >= 4 is 27.5 Å². The summed E-state index contributed by atoms with van der Waals surface area (Å²) in [7, 11) is -4.06. The summed E-state index contributed by atoms with van der Waals surface area (Å²) < 4.78 is 34.0. The fourth-order valence-electron chi connectivity index (χ4n) is 3.06. The van der Waals surface area contributed by atoms with Gasteiger partial charge in [0.25, 0.3) is 15.9 Å². The number of oxazole rings is 1. The third kappa shape index (κ3) is 3.81. The van der Waals surface area contributed by atoms with Crippen molar-refractivity contribution in [2.24, 2.45) is 4.40 Å². The molecular weight excluding hydrogens is 404 g/mol. The molecule has 4 rings (SSSR count). The van der Waals surface area contributed by atoms with Crippen LogP contribution in [0.3, 0.4) is 0 Å². The van der Waals surface area contributed by atoms with Crippen LogP contribution in [0.1, 0.15) is 22.9 Å². The second-order valence-electron chi connectivity index (χ2n) is 6.44. The lowest BCUT2D eigenvalue weighted by Crippen LogP contribution is -2.40. The highest BCUT2D eigenvalue weighted by atomic mass is 32.2. The Hall–Kier alpha value is -3.90. The van der Waals surface area contributed by atoms with Crippen LogP contribution in [0.25, 0.3) is 0 Å². The fourth-order valence-corrected chi connectivity index (χ4v) is 4.21. The van der Waals surface area contributed by atoms with Gasteiger partial charge in [-0.15, -0.1) is 10.8 Å². The molecule has 0 aliphatic carbocycles. The molecular formula is C21H16N4O4S. The summed E-state index contributed by atoms with van der Waals surface area (Å²) in [5.74, 6) is 1.46. The molecule has 30 heavy (non-hydrogen) atoms. The number of sulfonamides is 1. The van der Waals surface area contributed by atoms with Gasteiger partial charge in [0.2, 0.25) is 11.7 Å². The highest BCUT2D eigenvalue weighted by Gasteiger charge is 2.29. The number of nitrogens with one attached hydrogen (secondary N) is 2. The molecule has 1 aliphatic rings. The zero-order valence-electron chi connectivity index (χ0n) is 15.6. The molecule has 3 aromatic rings. The molecule has 2 heterocycles. The number of carbonyl (C=O) groups excluding carboxylic acids is 1. The van der Waals surface area contributed by atoms with Crippen LogP contribution >= 0.6 is 0 Å². The highest BCUT2D eigenvalue weighted by Crippen LogP contribution is 2.28. The summed E-state index contributed by atoms with van der Waals surface area (Å²) in [6, 6.07) is 13.8. The maximum absolute atomic E-state index is 12.7. The number of terminal acetylenes is 1. The molecule has 1 aromatic heterocycles. The monoisotopic (exact) mass is 420 g/mol. The van der Waals surface area contributed by atoms with Crippen molar-refractivity contribution in [1.82, 2.24) is 10.3 Å². The molecule has 0 spiro atoms. The van der Waals surface area contributed by atoms with Gasteiger partial charge in [0.15, 0.2) is 0 Å². The van der Waals surface area contributed by atoms with Gasteiger partial charge in [-0.1, -0.05) is 36.3 Å². The Labute approximate surface area is 173 Å². The predicted molar refractivity (Wildman–Crippen MR) is 110 cm³/mol. The molecule has 1 aliphatic heterocycles. The molecule has 150 valence electrons. The second-order valence-corrected chi connectivity index (χ2v) is 8.01. The Balaban J connectivity index is 1.55. The molecule has 0 radical (unpaired) electrons. The van der Waals surface area contributed by atoms with Crippen LogP contribution in [0.15, 0.2) is 74.7 Å². The van der Waals surface area contributed by atoms with Crippen molar-refractivity contribution in [3.05, 3.63) is 78.0 Å². The number of rotatable bonds is 5. The molecule has 9 heteroatoms. The van der Waals surface area contributed by atoms with Crippen LogP contribution in [-0.2, 0) is 14.8 Å². The first-order chi connectivity index (χ1) is 14.5. The van der Waals surface area contributed by atoms with Crippen molar-refractivity contribution in [3.8, 4) is 12.3 Å². The number of hydrogen-bond acceptors (Lipinski definition) is 6. The van der Waals surface area contributed by atoms with Gasteiger partial charge in [0, 0.05) is 12.1 Å². The summed E-state index contributed by atoms with van der Waals surface area (Å²) in [6.07, 6.45) is 8.30. The van der Waals surface area contributed by atoms with Crippen molar-refractivity contribution in [2.75, 3.05) is 11.9 Å². The Kier molecular flexibility index (Phi) is 5.08. The van der Waals surface area contributed by atoms with E-state index in [4.69, 9.17) is 10.8 Å². The second kappa shape index (κ2) is 7.85. The number of carbonyl (C=O) groups is 1. The maximum atomic E-state index is 12.7. The van der Waals surface area contributed by atoms with E-state index in [2.05, 4.69) is 25.9 Å².